The van der Waals surface area contributed by atoms with E-state index in [2.05, 4.69) is 67.0 Å². The van der Waals surface area contributed by atoms with Crippen LogP contribution >= 0.6 is 0 Å². The molecule has 0 aliphatic heterocycles. The van der Waals surface area contributed by atoms with Crippen molar-refractivity contribution in [2.75, 3.05) is 0 Å². The van der Waals surface area contributed by atoms with Crippen LogP contribution in [0.25, 0.3) is 0 Å². The van der Waals surface area contributed by atoms with Crippen LogP contribution in [0.5, 0.6) is 0 Å². The van der Waals surface area contributed by atoms with Crippen LogP contribution < -0.4 is 0 Å². The minimum atomic E-state index is -1.87. The first-order chi connectivity index (χ1) is 7.88. The topological polar surface area (TPSA) is 18.5 Å². The molecule has 0 aromatic rings. The minimum Gasteiger partial charge on any atom is -0.415 e. The lowest BCUT2D eigenvalue weighted by Gasteiger charge is -2.48. The zero-order valence-corrected chi connectivity index (χ0v) is 17.5. The van der Waals surface area contributed by atoms with Gasteiger partial charge in [0, 0.05) is 5.22 Å². The van der Waals surface area contributed by atoms with Crippen LogP contribution in [0.3, 0.4) is 0 Å². The zero-order chi connectivity index (χ0) is 14.8. The van der Waals surface area contributed by atoms with Gasteiger partial charge in [-0.15, -0.1) is 0 Å². The van der Waals surface area contributed by atoms with Gasteiger partial charge in [-0.05, 0) is 53.4 Å². The first-order valence-corrected chi connectivity index (χ1v) is 15.8. The van der Waals surface area contributed by atoms with E-state index >= 15 is 0 Å². The Hall–Kier alpha value is 0.571. The largest absolute Gasteiger partial charge is 0.415 e. The summed E-state index contributed by atoms with van der Waals surface area (Å²) in [4.78, 5) is 0. The Morgan fingerprint density at radius 3 is 1.72 bits per heavy atom. The lowest BCUT2D eigenvalue weighted by Crippen LogP contribution is -2.62. The Labute approximate surface area is 119 Å². The lowest BCUT2D eigenvalue weighted by atomic mass is 10.3. The van der Waals surface area contributed by atoms with Gasteiger partial charge in [0.15, 0.2) is 9.04 Å². The third kappa shape index (κ3) is 4.59. The van der Waals surface area contributed by atoms with Crippen LogP contribution in [0.4, 0.5) is 0 Å². The van der Waals surface area contributed by atoms with Gasteiger partial charge in [-0.2, -0.15) is 0 Å². The van der Waals surface area contributed by atoms with E-state index in [1.165, 1.54) is 0 Å². The highest BCUT2D eigenvalue weighted by molar-refractivity contribution is 6.76. The molecule has 0 aromatic heterocycles. The van der Waals surface area contributed by atoms with Crippen molar-refractivity contribution in [1.29, 1.82) is 0 Å². The van der Waals surface area contributed by atoms with Crippen molar-refractivity contribution in [1.82, 2.24) is 0 Å². The average molecular weight is 307 g/mol. The Balaban J connectivity index is 5.09. The maximum atomic E-state index is 6.64. The van der Waals surface area contributed by atoms with Gasteiger partial charge in [-0.3, -0.25) is 0 Å². The molecule has 0 fully saturated rings. The predicted octanol–water partition coefficient (Wildman–Crippen LogP) is 3.72. The van der Waals surface area contributed by atoms with Crippen LogP contribution in [0.15, 0.2) is 0 Å². The molecule has 0 aliphatic carbocycles. The van der Waals surface area contributed by atoms with Gasteiger partial charge in [0.25, 0.3) is 0 Å². The van der Waals surface area contributed by atoms with Crippen molar-refractivity contribution in [2.45, 2.75) is 83.8 Å². The van der Waals surface area contributed by atoms with Gasteiger partial charge in [-0.1, -0.05) is 20.0 Å². The van der Waals surface area contributed by atoms with E-state index in [-0.39, 0.29) is 10.4 Å². The second-order valence-electron chi connectivity index (χ2n) is 7.12. The molecule has 0 spiro atoms. The molecule has 1 atom stereocenters. The number of hydrogen-bond acceptors (Lipinski definition) is 2. The quantitative estimate of drug-likeness (QED) is 0.667. The fourth-order valence-corrected chi connectivity index (χ4v) is 9.31. The summed E-state index contributed by atoms with van der Waals surface area (Å²) in [6, 6.07) is 0. The van der Waals surface area contributed by atoms with Gasteiger partial charge in [0.1, 0.15) is 0 Å². The van der Waals surface area contributed by atoms with E-state index in [9.17, 15) is 0 Å². The van der Waals surface area contributed by atoms with Crippen LogP contribution in [-0.2, 0) is 8.85 Å². The third-order valence-corrected chi connectivity index (χ3v) is 12.8. The molecule has 0 heterocycles. The van der Waals surface area contributed by atoms with Gasteiger partial charge in [0.2, 0.25) is 8.32 Å². The first kappa shape index (κ1) is 18.6. The van der Waals surface area contributed by atoms with E-state index in [0.29, 0.717) is 0 Å². The minimum absolute atomic E-state index is 0.0477. The highest BCUT2D eigenvalue weighted by Crippen LogP contribution is 2.34. The Kier molecular flexibility index (Phi) is 6.55. The van der Waals surface area contributed by atoms with Crippen LogP contribution in [0.1, 0.15) is 34.1 Å². The molecule has 0 bridgehead atoms. The summed E-state index contributed by atoms with van der Waals surface area (Å²) in [5.74, 6) is 0. The van der Waals surface area contributed by atoms with E-state index < -0.39 is 26.2 Å². The molecule has 0 saturated heterocycles. The fourth-order valence-electron chi connectivity index (χ4n) is 2.05. The molecule has 18 heavy (non-hydrogen) atoms. The Morgan fingerprint density at radius 2 is 1.44 bits per heavy atom. The first-order valence-electron chi connectivity index (χ1n) is 7.26. The molecule has 0 aliphatic rings. The molecule has 0 rings (SSSR count). The monoisotopic (exact) mass is 306 g/mol. The molecule has 1 unspecified atom stereocenters. The zero-order valence-electron chi connectivity index (χ0n) is 14.2. The van der Waals surface area contributed by atoms with Gasteiger partial charge in [0.05, 0.1) is 14.0 Å². The number of rotatable bonds is 7. The Bertz CT molecular complexity index is 265. The summed E-state index contributed by atoms with van der Waals surface area (Å²) in [6.45, 7) is 22.9. The maximum Gasteiger partial charge on any atom is 0.216 e. The highest BCUT2D eigenvalue weighted by Gasteiger charge is 2.48. The van der Waals surface area contributed by atoms with Crippen LogP contribution in [0.2, 0.25) is 39.3 Å². The maximum absolute atomic E-state index is 6.64. The van der Waals surface area contributed by atoms with Gasteiger partial charge < -0.3 is 8.85 Å². The van der Waals surface area contributed by atoms with Crippen molar-refractivity contribution in [3.05, 3.63) is 0 Å². The second-order valence-corrected chi connectivity index (χ2v) is 17.4. The van der Waals surface area contributed by atoms with Gasteiger partial charge in [-0.25, -0.2) is 0 Å². The molecule has 0 amide bonds. The van der Waals surface area contributed by atoms with Crippen molar-refractivity contribution < 1.29 is 8.85 Å². The molecule has 110 valence electrons. The highest BCUT2D eigenvalue weighted by atomic mass is 28.4. The molecular formula is C13H34O2Si3. The van der Waals surface area contributed by atoms with E-state index in [1.807, 2.05) is 0 Å². The van der Waals surface area contributed by atoms with Crippen molar-refractivity contribution in [3.8, 4) is 0 Å². The fraction of sp³-hybridized carbons (Fsp3) is 1.00. The normalized spacial score (nSPS) is 17.3. The summed E-state index contributed by atoms with van der Waals surface area (Å²) in [6.07, 6.45) is 1.05. The molecule has 0 radical (unpaired) electrons. The SMILES string of the molecule is CCC(C)(O[SiH](C)C)[Si](C)(C)OC(C)(C)[SiH](C)C. The van der Waals surface area contributed by atoms with Crippen molar-refractivity contribution in [3.63, 3.8) is 0 Å². The van der Waals surface area contributed by atoms with E-state index in [1.54, 1.807) is 0 Å². The summed E-state index contributed by atoms with van der Waals surface area (Å²) in [5.41, 5.74) is 0. The lowest BCUT2D eigenvalue weighted by molar-refractivity contribution is 0.0927. The van der Waals surface area contributed by atoms with E-state index in [0.717, 1.165) is 6.42 Å². The standard InChI is InChI=1S/C13H34O2Si3/c1-11-13(4,14-17(7)8)18(9,10)15-12(2,3)16(5)6/h16-17H,11H2,1-10H3. The molecule has 0 aromatic carbocycles. The van der Waals surface area contributed by atoms with E-state index in [4.69, 9.17) is 8.85 Å². The summed E-state index contributed by atoms with van der Waals surface area (Å²) in [5, 5.41) is 0.0159. The summed E-state index contributed by atoms with van der Waals surface area (Å²) < 4.78 is 13.0. The van der Waals surface area contributed by atoms with Crippen LogP contribution in [-0.4, -0.2) is 36.6 Å². The predicted molar refractivity (Wildman–Crippen MR) is 90.2 cm³/mol. The molecular weight excluding hydrogens is 272 g/mol. The second kappa shape index (κ2) is 6.35. The average Bonchev–Trinajstić information content (AvgIpc) is 2.14. The van der Waals surface area contributed by atoms with Crippen LogP contribution in [0, 0.1) is 0 Å². The molecule has 0 saturated carbocycles. The Morgan fingerprint density at radius 1 is 1.00 bits per heavy atom. The smallest absolute Gasteiger partial charge is 0.216 e. The third-order valence-electron chi connectivity index (χ3n) is 4.35. The molecule has 0 N–H and O–H groups in total. The summed E-state index contributed by atoms with van der Waals surface area (Å²) in [7, 11) is -3.74. The molecule has 2 nitrogen and oxygen atoms in total. The van der Waals surface area contributed by atoms with Crippen molar-refractivity contribution >= 4 is 26.2 Å². The van der Waals surface area contributed by atoms with Gasteiger partial charge >= 0.3 is 0 Å². The molecule has 5 heteroatoms. The number of hydrogen-bond donors (Lipinski definition) is 0. The van der Waals surface area contributed by atoms with Crippen molar-refractivity contribution in [2.24, 2.45) is 0 Å². The summed E-state index contributed by atoms with van der Waals surface area (Å²) >= 11 is 0.